The van der Waals surface area contributed by atoms with Gasteiger partial charge < -0.3 is 5.32 Å². The Bertz CT molecular complexity index is 421. The van der Waals surface area contributed by atoms with Crippen molar-refractivity contribution >= 4 is 11.3 Å². The molecule has 2 rings (SSSR count). The molecule has 2 heterocycles. The normalized spacial score (nSPS) is 22.6. The highest BCUT2D eigenvalue weighted by molar-refractivity contribution is 7.09. The maximum atomic E-state index is 4.64. The number of hydrogen-bond acceptors (Lipinski definition) is 4. The zero-order chi connectivity index (χ0) is 14.1. The van der Waals surface area contributed by atoms with Crippen LogP contribution in [-0.2, 0) is 6.54 Å². The van der Waals surface area contributed by atoms with Gasteiger partial charge in [-0.2, -0.15) is 0 Å². The molecular weight excluding hydrogens is 254 g/mol. The summed E-state index contributed by atoms with van der Waals surface area (Å²) in [6.07, 6.45) is 2.38. The second-order valence-corrected chi connectivity index (χ2v) is 7.35. The zero-order valence-electron chi connectivity index (χ0n) is 12.9. The second kappa shape index (κ2) is 5.51. The maximum Gasteiger partial charge on any atom is 0.107 e. The average Bonchev–Trinajstić information content (AvgIpc) is 2.75. The van der Waals surface area contributed by atoms with E-state index in [0.29, 0.717) is 0 Å². The second-order valence-electron chi connectivity index (χ2n) is 6.41. The predicted octanol–water partition coefficient (Wildman–Crippen LogP) is 3.19. The summed E-state index contributed by atoms with van der Waals surface area (Å²) >= 11 is 1.79. The van der Waals surface area contributed by atoms with Crippen molar-refractivity contribution in [1.82, 2.24) is 15.2 Å². The van der Waals surface area contributed by atoms with E-state index in [0.717, 1.165) is 25.3 Å². The van der Waals surface area contributed by atoms with Crippen LogP contribution in [0.15, 0.2) is 5.38 Å². The molecule has 0 amide bonds. The van der Waals surface area contributed by atoms with Crippen molar-refractivity contribution in [3.05, 3.63) is 16.1 Å². The lowest BCUT2D eigenvalue weighted by molar-refractivity contribution is 0.00228. The molecule has 1 saturated heterocycles. The van der Waals surface area contributed by atoms with Gasteiger partial charge in [0.05, 0.1) is 6.54 Å². The van der Waals surface area contributed by atoms with Crippen LogP contribution >= 0.6 is 11.3 Å². The molecule has 0 saturated carbocycles. The highest BCUT2D eigenvalue weighted by Gasteiger charge is 2.41. The molecule has 0 atom stereocenters. The Hall–Kier alpha value is -0.450. The molecule has 0 unspecified atom stereocenters. The number of aryl methyl sites for hydroxylation is 1. The van der Waals surface area contributed by atoms with Gasteiger partial charge in [0.25, 0.3) is 0 Å². The number of nitrogens with zero attached hydrogens (tertiary/aromatic N) is 2. The van der Waals surface area contributed by atoms with Gasteiger partial charge in [0.15, 0.2) is 0 Å². The Kier molecular flexibility index (Phi) is 4.33. The van der Waals surface area contributed by atoms with Gasteiger partial charge in [-0.1, -0.05) is 13.8 Å². The summed E-state index contributed by atoms with van der Waals surface area (Å²) in [5.74, 6) is 0. The first kappa shape index (κ1) is 14.9. The van der Waals surface area contributed by atoms with Gasteiger partial charge >= 0.3 is 0 Å². The number of thiazole rings is 1. The van der Waals surface area contributed by atoms with Crippen molar-refractivity contribution in [3.63, 3.8) is 0 Å². The number of piperazine rings is 1. The average molecular weight is 281 g/mol. The topological polar surface area (TPSA) is 28.2 Å². The third-order valence-electron chi connectivity index (χ3n) is 4.46. The molecule has 108 valence electrons. The molecule has 19 heavy (non-hydrogen) atoms. The summed E-state index contributed by atoms with van der Waals surface area (Å²) < 4.78 is 0. The van der Waals surface area contributed by atoms with Crippen molar-refractivity contribution in [3.8, 4) is 0 Å². The summed E-state index contributed by atoms with van der Waals surface area (Å²) in [4.78, 5) is 7.30. The Morgan fingerprint density at radius 1 is 1.37 bits per heavy atom. The van der Waals surface area contributed by atoms with Crippen molar-refractivity contribution in [1.29, 1.82) is 0 Å². The van der Waals surface area contributed by atoms with Crippen molar-refractivity contribution in [2.45, 2.75) is 65.1 Å². The van der Waals surface area contributed by atoms with Gasteiger partial charge in [0.2, 0.25) is 0 Å². The molecule has 1 aliphatic rings. The molecule has 0 aliphatic carbocycles. The van der Waals surface area contributed by atoms with E-state index in [1.165, 1.54) is 17.8 Å². The fourth-order valence-corrected chi connectivity index (χ4v) is 3.81. The SMILES string of the molecule is CCC1(CC)CNC(C)(C)CN1Cc1nc(C)cs1. The maximum absolute atomic E-state index is 4.64. The van der Waals surface area contributed by atoms with E-state index in [2.05, 4.69) is 55.2 Å². The number of hydrogen-bond donors (Lipinski definition) is 1. The van der Waals surface area contributed by atoms with Crippen LogP contribution in [0.3, 0.4) is 0 Å². The first-order valence-corrected chi connectivity index (χ1v) is 8.20. The monoisotopic (exact) mass is 281 g/mol. The minimum atomic E-state index is 0.195. The molecule has 0 spiro atoms. The van der Waals surface area contributed by atoms with E-state index in [-0.39, 0.29) is 11.1 Å². The highest BCUT2D eigenvalue weighted by atomic mass is 32.1. The van der Waals surface area contributed by atoms with Crippen LogP contribution in [0.5, 0.6) is 0 Å². The molecule has 1 N–H and O–H groups in total. The quantitative estimate of drug-likeness (QED) is 0.918. The lowest BCUT2D eigenvalue weighted by Crippen LogP contribution is -2.67. The van der Waals surface area contributed by atoms with Gasteiger partial charge in [-0.25, -0.2) is 4.98 Å². The van der Waals surface area contributed by atoms with E-state index < -0.39 is 0 Å². The fraction of sp³-hybridized carbons (Fsp3) is 0.800. The molecule has 0 aromatic carbocycles. The Labute approximate surface area is 121 Å². The van der Waals surface area contributed by atoms with Gasteiger partial charge in [0, 0.05) is 35.2 Å². The molecule has 1 fully saturated rings. The molecule has 1 aromatic heterocycles. The van der Waals surface area contributed by atoms with Crippen LogP contribution in [0.1, 0.15) is 51.2 Å². The Morgan fingerprint density at radius 3 is 2.58 bits per heavy atom. The standard InChI is InChI=1S/C15H27N3S/c1-6-15(7-2)10-16-14(4,5)11-18(15)8-13-17-12(3)9-19-13/h9,16H,6-8,10-11H2,1-5H3. The van der Waals surface area contributed by atoms with Crippen LogP contribution in [-0.4, -0.2) is 34.1 Å². The van der Waals surface area contributed by atoms with Gasteiger partial charge in [-0.3, -0.25) is 4.90 Å². The minimum absolute atomic E-state index is 0.195. The molecule has 1 aromatic rings. The predicted molar refractivity (Wildman–Crippen MR) is 82.7 cm³/mol. The summed E-state index contributed by atoms with van der Waals surface area (Å²) in [5, 5.41) is 7.12. The first-order valence-electron chi connectivity index (χ1n) is 7.32. The lowest BCUT2D eigenvalue weighted by atomic mass is 9.84. The first-order chi connectivity index (χ1) is 8.91. The number of nitrogens with one attached hydrogen (secondary N) is 1. The van der Waals surface area contributed by atoms with Gasteiger partial charge in [-0.15, -0.1) is 11.3 Å². The summed E-state index contributed by atoms with van der Waals surface area (Å²) in [6, 6.07) is 0. The van der Waals surface area contributed by atoms with Crippen LogP contribution in [0.4, 0.5) is 0 Å². The molecular formula is C15H27N3S. The van der Waals surface area contributed by atoms with Crippen molar-refractivity contribution in [2.24, 2.45) is 0 Å². The smallest absolute Gasteiger partial charge is 0.107 e. The highest BCUT2D eigenvalue weighted by Crippen LogP contribution is 2.31. The molecule has 0 radical (unpaired) electrons. The minimum Gasteiger partial charge on any atom is -0.309 e. The summed E-state index contributed by atoms with van der Waals surface area (Å²) in [6.45, 7) is 14.4. The zero-order valence-corrected chi connectivity index (χ0v) is 13.7. The fourth-order valence-electron chi connectivity index (χ4n) is 3.03. The van der Waals surface area contributed by atoms with Gasteiger partial charge in [-0.05, 0) is 33.6 Å². The van der Waals surface area contributed by atoms with E-state index in [4.69, 9.17) is 0 Å². The van der Waals surface area contributed by atoms with Crippen molar-refractivity contribution in [2.75, 3.05) is 13.1 Å². The Balaban J connectivity index is 2.20. The molecule has 1 aliphatic heterocycles. The molecule has 0 bridgehead atoms. The molecule has 3 nitrogen and oxygen atoms in total. The number of aromatic nitrogens is 1. The lowest BCUT2D eigenvalue weighted by Gasteiger charge is -2.52. The van der Waals surface area contributed by atoms with E-state index in [1.54, 1.807) is 11.3 Å². The molecule has 4 heteroatoms. The van der Waals surface area contributed by atoms with Crippen LogP contribution in [0, 0.1) is 6.92 Å². The van der Waals surface area contributed by atoms with E-state index >= 15 is 0 Å². The summed E-state index contributed by atoms with van der Waals surface area (Å²) in [7, 11) is 0. The summed E-state index contributed by atoms with van der Waals surface area (Å²) in [5.41, 5.74) is 1.63. The van der Waals surface area contributed by atoms with Crippen LogP contribution < -0.4 is 5.32 Å². The largest absolute Gasteiger partial charge is 0.309 e. The third kappa shape index (κ3) is 3.18. The van der Waals surface area contributed by atoms with E-state index in [1.807, 2.05) is 0 Å². The number of rotatable bonds is 4. The van der Waals surface area contributed by atoms with E-state index in [9.17, 15) is 0 Å². The third-order valence-corrected chi connectivity index (χ3v) is 5.41. The van der Waals surface area contributed by atoms with Crippen LogP contribution in [0.2, 0.25) is 0 Å². The van der Waals surface area contributed by atoms with Crippen molar-refractivity contribution < 1.29 is 0 Å². The van der Waals surface area contributed by atoms with Gasteiger partial charge in [0.1, 0.15) is 5.01 Å². The Morgan fingerprint density at radius 2 is 2.05 bits per heavy atom. The van der Waals surface area contributed by atoms with Crippen LogP contribution in [0.25, 0.3) is 0 Å².